The topological polar surface area (TPSA) is 30.5 Å². The van der Waals surface area contributed by atoms with E-state index < -0.39 is 0 Å². The first-order valence-electron chi connectivity index (χ1n) is 6.86. The molecule has 0 bridgehead atoms. The first-order valence-corrected chi connectivity index (χ1v) is 7.68. The maximum absolute atomic E-state index is 5.76. The van der Waals surface area contributed by atoms with Gasteiger partial charge in [-0.3, -0.25) is 0 Å². The molecular formula is C14H21NO2S. The predicted molar refractivity (Wildman–Crippen MR) is 72.8 cm³/mol. The van der Waals surface area contributed by atoms with Gasteiger partial charge in [0, 0.05) is 34.9 Å². The highest BCUT2D eigenvalue weighted by Gasteiger charge is 2.20. The molecule has 1 aliphatic heterocycles. The number of ether oxygens (including phenoxy) is 2. The lowest BCUT2D eigenvalue weighted by atomic mass is 10.1. The van der Waals surface area contributed by atoms with Crippen LogP contribution in [0.2, 0.25) is 0 Å². The second-order valence-electron chi connectivity index (χ2n) is 5.27. The fourth-order valence-corrected chi connectivity index (χ4v) is 3.07. The van der Waals surface area contributed by atoms with Gasteiger partial charge in [0.15, 0.2) is 0 Å². The van der Waals surface area contributed by atoms with E-state index in [0.29, 0.717) is 5.92 Å². The van der Waals surface area contributed by atoms with Gasteiger partial charge in [-0.25, -0.2) is 0 Å². The Balaban J connectivity index is 1.36. The average Bonchev–Trinajstić information content (AvgIpc) is 2.89. The second kappa shape index (κ2) is 6.15. The lowest BCUT2D eigenvalue weighted by Gasteiger charge is -2.07. The molecule has 3 rings (SSSR count). The lowest BCUT2D eigenvalue weighted by molar-refractivity contribution is 0.0806. The van der Waals surface area contributed by atoms with Gasteiger partial charge in [0.1, 0.15) is 0 Å². The molecule has 1 aromatic rings. The Morgan fingerprint density at radius 2 is 2.17 bits per heavy atom. The van der Waals surface area contributed by atoms with Gasteiger partial charge in [0.25, 0.3) is 0 Å². The molecular weight excluding hydrogens is 246 g/mol. The quantitative estimate of drug-likeness (QED) is 0.823. The molecule has 0 aromatic carbocycles. The van der Waals surface area contributed by atoms with Gasteiger partial charge < -0.3 is 14.8 Å². The van der Waals surface area contributed by atoms with Crippen molar-refractivity contribution in [3.05, 3.63) is 21.9 Å². The molecule has 0 radical (unpaired) electrons. The van der Waals surface area contributed by atoms with E-state index in [1.807, 2.05) is 11.3 Å². The minimum absolute atomic E-state index is 0.612. The molecule has 2 fully saturated rings. The summed E-state index contributed by atoms with van der Waals surface area (Å²) in [5.41, 5.74) is 0. The Kier molecular flexibility index (Phi) is 4.31. The van der Waals surface area contributed by atoms with Crippen molar-refractivity contribution in [1.29, 1.82) is 0 Å². The van der Waals surface area contributed by atoms with Gasteiger partial charge >= 0.3 is 0 Å². The summed E-state index contributed by atoms with van der Waals surface area (Å²) < 4.78 is 11.1. The monoisotopic (exact) mass is 267 g/mol. The second-order valence-corrected chi connectivity index (χ2v) is 6.52. The minimum atomic E-state index is 0.612. The van der Waals surface area contributed by atoms with Crippen molar-refractivity contribution >= 4 is 11.3 Å². The molecule has 1 saturated carbocycles. The van der Waals surface area contributed by atoms with Gasteiger partial charge in [-0.1, -0.05) is 0 Å². The molecule has 0 amide bonds. The Hall–Kier alpha value is -0.420. The van der Waals surface area contributed by atoms with Gasteiger partial charge in [-0.15, -0.1) is 11.3 Å². The summed E-state index contributed by atoms with van der Waals surface area (Å²) in [5.74, 6) is 0.612. The summed E-state index contributed by atoms with van der Waals surface area (Å²) >= 11 is 1.87. The summed E-state index contributed by atoms with van der Waals surface area (Å²) in [4.78, 5) is 2.76. The van der Waals surface area contributed by atoms with Crippen molar-refractivity contribution in [3.63, 3.8) is 0 Å². The summed E-state index contributed by atoms with van der Waals surface area (Å²) in [6.45, 7) is 4.40. The molecule has 1 aromatic heterocycles. The molecule has 1 saturated heterocycles. The smallest absolute Gasteiger partial charge is 0.0809 e. The maximum atomic E-state index is 5.76. The van der Waals surface area contributed by atoms with Crippen LogP contribution in [0.4, 0.5) is 0 Å². The molecule has 2 heterocycles. The third-order valence-electron chi connectivity index (χ3n) is 3.48. The molecule has 100 valence electrons. The Labute approximate surface area is 112 Å². The summed E-state index contributed by atoms with van der Waals surface area (Å²) in [7, 11) is 0. The van der Waals surface area contributed by atoms with Crippen LogP contribution in [0, 0.1) is 5.92 Å². The van der Waals surface area contributed by atoms with Crippen LogP contribution in [-0.4, -0.2) is 25.9 Å². The van der Waals surface area contributed by atoms with E-state index in [9.17, 15) is 0 Å². The fourth-order valence-electron chi connectivity index (χ4n) is 2.17. The third kappa shape index (κ3) is 3.79. The molecule has 1 unspecified atom stereocenters. The van der Waals surface area contributed by atoms with E-state index in [1.165, 1.54) is 22.6 Å². The van der Waals surface area contributed by atoms with Crippen LogP contribution >= 0.6 is 11.3 Å². The summed E-state index contributed by atoms with van der Waals surface area (Å²) in [6, 6.07) is 5.20. The number of nitrogens with one attached hydrogen (secondary N) is 1. The predicted octanol–water partition coefficient (Wildman–Crippen LogP) is 2.55. The van der Waals surface area contributed by atoms with E-state index in [1.54, 1.807) is 0 Å². The van der Waals surface area contributed by atoms with Crippen molar-refractivity contribution in [2.24, 2.45) is 5.92 Å². The fraction of sp³-hybridized carbons (Fsp3) is 0.714. The highest BCUT2D eigenvalue weighted by atomic mass is 32.1. The number of hydrogen-bond acceptors (Lipinski definition) is 4. The summed E-state index contributed by atoms with van der Waals surface area (Å²) in [6.07, 6.45) is 3.86. The zero-order valence-corrected chi connectivity index (χ0v) is 11.5. The highest BCUT2D eigenvalue weighted by Crippen LogP contribution is 2.22. The van der Waals surface area contributed by atoms with Crippen LogP contribution in [-0.2, 0) is 22.6 Å². The van der Waals surface area contributed by atoms with Crippen LogP contribution < -0.4 is 5.32 Å². The van der Waals surface area contributed by atoms with Crippen molar-refractivity contribution in [2.45, 2.75) is 38.5 Å². The zero-order chi connectivity index (χ0) is 12.2. The number of rotatable bonds is 7. The van der Waals surface area contributed by atoms with Crippen LogP contribution in [0.5, 0.6) is 0 Å². The third-order valence-corrected chi connectivity index (χ3v) is 4.54. The molecule has 3 nitrogen and oxygen atoms in total. The largest absolute Gasteiger partial charge is 0.381 e. The van der Waals surface area contributed by atoms with Gasteiger partial charge in [-0.05, 0) is 31.4 Å². The van der Waals surface area contributed by atoms with Crippen molar-refractivity contribution < 1.29 is 9.47 Å². The molecule has 1 atom stereocenters. The first-order chi connectivity index (χ1) is 8.90. The van der Waals surface area contributed by atoms with Crippen molar-refractivity contribution in [1.82, 2.24) is 5.32 Å². The average molecular weight is 267 g/mol. The van der Waals surface area contributed by atoms with Gasteiger partial charge in [-0.2, -0.15) is 0 Å². The number of hydrogen-bond donors (Lipinski definition) is 1. The summed E-state index contributed by atoms with van der Waals surface area (Å²) in [5, 5.41) is 3.54. The molecule has 4 heteroatoms. The Morgan fingerprint density at radius 1 is 1.28 bits per heavy atom. The van der Waals surface area contributed by atoms with Gasteiger partial charge in [0.2, 0.25) is 0 Å². The molecule has 1 N–H and O–H groups in total. The van der Waals surface area contributed by atoms with Crippen LogP contribution in [0.15, 0.2) is 12.1 Å². The van der Waals surface area contributed by atoms with E-state index in [-0.39, 0.29) is 0 Å². The van der Waals surface area contributed by atoms with E-state index in [2.05, 4.69) is 17.4 Å². The Bertz CT molecular complexity index is 370. The molecule has 0 spiro atoms. The molecule has 2 aliphatic rings. The number of thiophene rings is 1. The normalized spacial score (nSPS) is 23.7. The van der Waals surface area contributed by atoms with E-state index in [4.69, 9.17) is 9.47 Å². The molecule has 1 aliphatic carbocycles. The highest BCUT2D eigenvalue weighted by molar-refractivity contribution is 7.11. The van der Waals surface area contributed by atoms with Crippen LogP contribution in [0.3, 0.4) is 0 Å². The minimum Gasteiger partial charge on any atom is -0.381 e. The van der Waals surface area contributed by atoms with Gasteiger partial charge in [0.05, 0.1) is 19.8 Å². The first kappa shape index (κ1) is 12.6. The van der Waals surface area contributed by atoms with Crippen LogP contribution in [0.1, 0.15) is 29.0 Å². The zero-order valence-electron chi connectivity index (χ0n) is 10.7. The van der Waals surface area contributed by atoms with E-state index >= 15 is 0 Å². The van der Waals surface area contributed by atoms with Crippen molar-refractivity contribution in [2.75, 3.05) is 19.8 Å². The van der Waals surface area contributed by atoms with Crippen molar-refractivity contribution in [3.8, 4) is 0 Å². The van der Waals surface area contributed by atoms with Crippen LogP contribution in [0.25, 0.3) is 0 Å². The molecule has 18 heavy (non-hydrogen) atoms. The standard InChI is InChI=1S/C14H21NO2S/c1-2-12(1)15-7-13-3-4-14(18-13)10-17-9-11-5-6-16-8-11/h3-4,11-12,15H,1-2,5-10H2. The lowest BCUT2D eigenvalue weighted by Crippen LogP contribution is -2.14. The Morgan fingerprint density at radius 3 is 2.94 bits per heavy atom. The van der Waals surface area contributed by atoms with E-state index in [0.717, 1.165) is 45.4 Å². The maximum Gasteiger partial charge on any atom is 0.0809 e. The SMILES string of the molecule is c1cc(COCC2CCOC2)sc1CNC1CC1.